The first kappa shape index (κ1) is 13.9. The van der Waals surface area contributed by atoms with Gasteiger partial charge in [-0.15, -0.1) is 0 Å². The normalized spacial score (nSPS) is 24.8. The molecule has 0 bridgehead atoms. The zero-order valence-electron chi connectivity index (χ0n) is 12.0. The number of benzene rings is 1. The van der Waals surface area contributed by atoms with Crippen LogP contribution in [0.1, 0.15) is 13.3 Å². The lowest BCUT2D eigenvalue weighted by Gasteiger charge is -2.33. The number of likely N-dealkylation sites (tertiary alicyclic amines) is 1. The molecule has 6 heteroatoms. The molecule has 1 unspecified atom stereocenters. The summed E-state index contributed by atoms with van der Waals surface area (Å²) in [5.74, 6) is 0.376. The zero-order chi connectivity index (χ0) is 15.0. The third-order valence-corrected chi connectivity index (χ3v) is 3.94. The van der Waals surface area contributed by atoms with Crippen LogP contribution in [0, 0.1) is 0 Å². The van der Waals surface area contributed by atoms with E-state index in [0.717, 1.165) is 6.42 Å². The van der Waals surface area contributed by atoms with Crippen molar-refractivity contribution in [2.75, 3.05) is 24.5 Å². The first-order chi connectivity index (χ1) is 10.1. The number of nitrogens with two attached hydrogens (primary N) is 1. The van der Waals surface area contributed by atoms with Crippen LogP contribution in [0.25, 0.3) is 0 Å². The van der Waals surface area contributed by atoms with E-state index in [2.05, 4.69) is 0 Å². The second-order valence-electron chi connectivity index (χ2n) is 5.54. The monoisotopic (exact) mass is 289 g/mol. The van der Waals surface area contributed by atoms with Gasteiger partial charge < -0.3 is 15.4 Å². The standard InChI is InChI=1S/C15H19N3O3/c1-10-15(20)18(12-4-2-3-5-13(12)21-10)9-14(19)17-7-6-11(16)8-17/h2-5,10-11H,6-9,16H2,1H3/t10?,11-/m1/s1. The first-order valence-electron chi connectivity index (χ1n) is 7.16. The SMILES string of the molecule is CC1Oc2ccccc2N(CC(=O)N2CC[C@@H](N)C2)C1=O. The van der Waals surface area contributed by atoms with E-state index in [9.17, 15) is 9.59 Å². The molecular weight excluding hydrogens is 270 g/mol. The Kier molecular flexibility index (Phi) is 3.55. The molecule has 2 N–H and O–H groups in total. The number of ether oxygens (including phenoxy) is 1. The molecule has 0 spiro atoms. The van der Waals surface area contributed by atoms with Crippen molar-refractivity contribution in [3.8, 4) is 5.75 Å². The second kappa shape index (κ2) is 5.37. The highest BCUT2D eigenvalue weighted by molar-refractivity contribution is 6.03. The number of fused-ring (bicyclic) bond motifs is 1. The molecule has 1 aromatic rings. The molecule has 2 heterocycles. The van der Waals surface area contributed by atoms with Crippen LogP contribution in [-0.4, -0.2) is 48.5 Å². The number of nitrogens with zero attached hydrogens (tertiary/aromatic N) is 2. The molecule has 0 aliphatic carbocycles. The van der Waals surface area contributed by atoms with Gasteiger partial charge in [-0.25, -0.2) is 0 Å². The number of rotatable bonds is 2. The maximum atomic E-state index is 12.4. The lowest BCUT2D eigenvalue weighted by molar-refractivity contribution is -0.132. The Morgan fingerprint density at radius 2 is 2.19 bits per heavy atom. The van der Waals surface area contributed by atoms with Crippen molar-refractivity contribution >= 4 is 17.5 Å². The highest BCUT2D eigenvalue weighted by Gasteiger charge is 2.34. The molecule has 3 rings (SSSR count). The molecule has 0 saturated carbocycles. The molecule has 2 atom stereocenters. The summed E-state index contributed by atoms with van der Waals surface area (Å²) < 4.78 is 5.56. The van der Waals surface area contributed by atoms with Crippen LogP contribution < -0.4 is 15.4 Å². The van der Waals surface area contributed by atoms with E-state index < -0.39 is 6.10 Å². The molecule has 2 aliphatic heterocycles. The van der Waals surface area contributed by atoms with Crippen LogP contribution in [-0.2, 0) is 9.59 Å². The van der Waals surface area contributed by atoms with Gasteiger partial charge in [-0.2, -0.15) is 0 Å². The number of carbonyl (C=O) groups is 2. The summed E-state index contributed by atoms with van der Waals surface area (Å²) >= 11 is 0. The molecule has 21 heavy (non-hydrogen) atoms. The number of hydrogen-bond acceptors (Lipinski definition) is 4. The van der Waals surface area contributed by atoms with Gasteiger partial charge in [0.1, 0.15) is 12.3 Å². The molecule has 1 aromatic carbocycles. The van der Waals surface area contributed by atoms with Gasteiger partial charge in [-0.3, -0.25) is 14.5 Å². The summed E-state index contributed by atoms with van der Waals surface area (Å²) in [5.41, 5.74) is 6.48. The summed E-state index contributed by atoms with van der Waals surface area (Å²) in [5, 5.41) is 0. The smallest absolute Gasteiger partial charge is 0.268 e. The minimum atomic E-state index is -0.575. The highest BCUT2D eigenvalue weighted by Crippen LogP contribution is 2.33. The molecule has 112 valence electrons. The molecule has 0 aromatic heterocycles. The predicted molar refractivity (Wildman–Crippen MR) is 78.1 cm³/mol. The summed E-state index contributed by atoms with van der Waals surface area (Å²) in [6, 6.07) is 7.32. The first-order valence-corrected chi connectivity index (χ1v) is 7.16. The average molecular weight is 289 g/mol. The second-order valence-corrected chi connectivity index (χ2v) is 5.54. The van der Waals surface area contributed by atoms with E-state index in [1.165, 1.54) is 4.90 Å². The summed E-state index contributed by atoms with van der Waals surface area (Å²) in [6.07, 6.45) is 0.240. The molecule has 1 saturated heterocycles. The van der Waals surface area contributed by atoms with E-state index in [4.69, 9.17) is 10.5 Å². The molecule has 0 radical (unpaired) electrons. The lowest BCUT2D eigenvalue weighted by Crippen LogP contribution is -2.49. The number of hydrogen-bond donors (Lipinski definition) is 1. The Morgan fingerprint density at radius 3 is 2.90 bits per heavy atom. The Hall–Kier alpha value is -2.08. The fourth-order valence-electron chi connectivity index (χ4n) is 2.77. The van der Waals surface area contributed by atoms with Gasteiger partial charge in [-0.05, 0) is 25.5 Å². The van der Waals surface area contributed by atoms with E-state index in [-0.39, 0.29) is 24.4 Å². The Labute approximate surface area is 123 Å². The van der Waals surface area contributed by atoms with Crippen molar-refractivity contribution in [2.24, 2.45) is 5.73 Å². The van der Waals surface area contributed by atoms with Crippen LogP contribution in [0.5, 0.6) is 5.75 Å². The number of anilines is 1. The largest absolute Gasteiger partial charge is 0.479 e. The van der Waals surface area contributed by atoms with Gasteiger partial charge in [0.25, 0.3) is 5.91 Å². The Morgan fingerprint density at radius 1 is 1.43 bits per heavy atom. The zero-order valence-corrected chi connectivity index (χ0v) is 12.0. The summed E-state index contributed by atoms with van der Waals surface area (Å²) in [4.78, 5) is 27.9. The van der Waals surface area contributed by atoms with Crippen LogP contribution in [0.3, 0.4) is 0 Å². The molecule has 2 aliphatic rings. The molecule has 1 fully saturated rings. The van der Waals surface area contributed by atoms with Crippen molar-refractivity contribution in [1.82, 2.24) is 4.90 Å². The van der Waals surface area contributed by atoms with Gasteiger partial charge in [0, 0.05) is 19.1 Å². The van der Waals surface area contributed by atoms with Gasteiger partial charge in [0.05, 0.1) is 5.69 Å². The van der Waals surface area contributed by atoms with Gasteiger partial charge in [-0.1, -0.05) is 12.1 Å². The Balaban J connectivity index is 1.80. The minimum absolute atomic E-state index is 0.0380. The van der Waals surface area contributed by atoms with Crippen molar-refractivity contribution < 1.29 is 14.3 Å². The van der Waals surface area contributed by atoms with Gasteiger partial charge in [0.2, 0.25) is 5.91 Å². The van der Waals surface area contributed by atoms with Gasteiger partial charge in [0.15, 0.2) is 6.10 Å². The third kappa shape index (κ3) is 2.58. The topological polar surface area (TPSA) is 75.9 Å². The minimum Gasteiger partial charge on any atom is -0.479 e. The number of para-hydroxylation sites is 2. The van der Waals surface area contributed by atoms with Crippen LogP contribution >= 0.6 is 0 Å². The quantitative estimate of drug-likeness (QED) is 0.853. The summed E-state index contributed by atoms with van der Waals surface area (Å²) in [7, 11) is 0. The Bertz CT molecular complexity index is 575. The van der Waals surface area contributed by atoms with Crippen molar-refractivity contribution in [3.05, 3.63) is 24.3 Å². The van der Waals surface area contributed by atoms with Crippen LogP contribution in [0.15, 0.2) is 24.3 Å². The van der Waals surface area contributed by atoms with E-state index >= 15 is 0 Å². The maximum Gasteiger partial charge on any atom is 0.268 e. The van der Waals surface area contributed by atoms with E-state index in [0.29, 0.717) is 24.5 Å². The number of carbonyl (C=O) groups excluding carboxylic acids is 2. The fourth-order valence-corrected chi connectivity index (χ4v) is 2.77. The van der Waals surface area contributed by atoms with Gasteiger partial charge >= 0.3 is 0 Å². The van der Waals surface area contributed by atoms with E-state index in [1.54, 1.807) is 17.9 Å². The molecular formula is C15H19N3O3. The average Bonchev–Trinajstić information content (AvgIpc) is 2.90. The van der Waals surface area contributed by atoms with Crippen molar-refractivity contribution in [3.63, 3.8) is 0 Å². The fraction of sp³-hybridized carbons (Fsp3) is 0.467. The lowest BCUT2D eigenvalue weighted by atomic mass is 10.2. The van der Waals surface area contributed by atoms with Crippen molar-refractivity contribution in [2.45, 2.75) is 25.5 Å². The van der Waals surface area contributed by atoms with Crippen LogP contribution in [0.4, 0.5) is 5.69 Å². The van der Waals surface area contributed by atoms with E-state index in [1.807, 2.05) is 18.2 Å². The number of amides is 2. The maximum absolute atomic E-state index is 12.4. The predicted octanol–water partition coefficient (Wildman–Crippen LogP) is 0.360. The molecule has 2 amide bonds. The summed E-state index contributed by atoms with van der Waals surface area (Å²) in [6.45, 7) is 2.96. The highest BCUT2D eigenvalue weighted by atomic mass is 16.5. The van der Waals surface area contributed by atoms with Crippen molar-refractivity contribution in [1.29, 1.82) is 0 Å². The van der Waals surface area contributed by atoms with Crippen LogP contribution in [0.2, 0.25) is 0 Å². The molecule has 6 nitrogen and oxygen atoms in total. The third-order valence-electron chi connectivity index (χ3n) is 3.94.